The molecular formula is C18H20N4O. The number of fused-ring (bicyclic) bond motifs is 1. The van der Waals surface area contributed by atoms with Gasteiger partial charge in [0.25, 0.3) is 0 Å². The van der Waals surface area contributed by atoms with Crippen LogP contribution in [0.4, 0.5) is 16.3 Å². The fourth-order valence-electron chi connectivity index (χ4n) is 2.93. The van der Waals surface area contributed by atoms with Gasteiger partial charge in [0.15, 0.2) is 0 Å². The van der Waals surface area contributed by atoms with Gasteiger partial charge in [0.1, 0.15) is 5.82 Å². The van der Waals surface area contributed by atoms with Gasteiger partial charge in [0, 0.05) is 19.1 Å². The maximum atomic E-state index is 11.7. The van der Waals surface area contributed by atoms with Gasteiger partial charge in [0.2, 0.25) is 0 Å². The van der Waals surface area contributed by atoms with Gasteiger partial charge in [-0.15, -0.1) is 0 Å². The lowest BCUT2D eigenvalue weighted by Gasteiger charge is -2.30. The van der Waals surface area contributed by atoms with Crippen molar-refractivity contribution < 1.29 is 4.79 Å². The quantitative estimate of drug-likeness (QED) is 0.916. The Kier molecular flexibility index (Phi) is 3.61. The molecule has 1 saturated carbocycles. The first kappa shape index (κ1) is 14.1. The molecule has 1 aromatic heterocycles. The predicted octanol–water partition coefficient (Wildman–Crippen LogP) is 2.93. The summed E-state index contributed by atoms with van der Waals surface area (Å²) in [7, 11) is 0. The van der Waals surface area contributed by atoms with Crippen LogP contribution in [0.15, 0.2) is 42.6 Å². The van der Waals surface area contributed by atoms with E-state index < -0.39 is 0 Å². The molecule has 1 fully saturated rings. The number of nitrogens with one attached hydrogen (secondary N) is 2. The second-order valence-corrected chi connectivity index (χ2v) is 6.21. The predicted molar refractivity (Wildman–Crippen MR) is 90.6 cm³/mol. The molecule has 5 heteroatoms. The average Bonchev–Trinajstić information content (AvgIpc) is 3.39. The van der Waals surface area contributed by atoms with Crippen molar-refractivity contribution in [2.45, 2.75) is 31.8 Å². The van der Waals surface area contributed by atoms with E-state index in [2.05, 4.69) is 44.8 Å². The number of aromatic nitrogens is 1. The number of nitrogens with zero attached hydrogens (tertiary/aromatic N) is 2. The van der Waals surface area contributed by atoms with Gasteiger partial charge in [-0.3, -0.25) is 5.32 Å². The monoisotopic (exact) mass is 308 g/mol. The number of rotatable bonds is 3. The van der Waals surface area contributed by atoms with Gasteiger partial charge in [-0.1, -0.05) is 24.3 Å². The molecule has 1 aliphatic carbocycles. The highest BCUT2D eigenvalue weighted by molar-refractivity contribution is 5.88. The average molecular weight is 308 g/mol. The summed E-state index contributed by atoms with van der Waals surface area (Å²) in [4.78, 5) is 18.4. The lowest BCUT2D eigenvalue weighted by atomic mass is 10.00. The molecule has 0 atom stereocenters. The first-order valence-electron chi connectivity index (χ1n) is 8.13. The molecule has 0 bridgehead atoms. The zero-order valence-corrected chi connectivity index (χ0v) is 13.0. The van der Waals surface area contributed by atoms with Crippen LogP contribution in [0, 0.1) is 0 Å². The summed E-state index contributed by atoms with van der Waals surface area (Å²) < 4.78 is 0. The van der Waals surface area contributed by atoms with Gasteiger partial charge in [-0.25, -0.2) is 9.78 Å². The van der Waals surface area contributed by atoms with Crippen molar-refractivity contribution in [3.63, 3.8) is 0 Å². The maximum Gasteiger partial charge on any atom is 0.320 e. The van der Waals surface area contributed by atoms with E-state index in [1.54, 1.807) is 0 Å². The van der Waals surface area contributed by atoms with Crippen LogP contribution in [-0.2, 0) is 13.0 Å². The van der Waals surface area contributed by atoms with E-state index in [0.717, 1.165) is 38.0 Å². The first-order valence-corrected chi connectivity index (χ1v) is 8.13. The Hall–Kier alpha value is -2.56. The van der Waals surface area contributed by atoms with Crippen LogP contribution in [0.1, 0.15) is 24.0 Å². The van der Waals surface area contributed by atoms with E-state index in [4.69, 9.17) is 0 Å². The summed E-state index contributed by atoms with van der Waals surface area (Å²) in [6.45, 7) is 1.90. The molecule has 2 aliphatic rings. The minimum Gasteiger partial charge on any atom is -0.366 e. The summed E-state index contributed by atoms with van der Waals surface area (Å²) >= 11 is 0. The number of carbonyl (C=O) groups is 1. The third kappa shape index (κ3) is 3.28. The molecule has 2 aromatic rings. The zero-order valence-electron chi connectivity index (χ0n) is 13.0. The third-order valence-corrected chi connectivity index (χ3v) is 4.40. The summed E-state index contributed by atoms with van der Waals surface area (Å²) in [5.74, 6) is 0.587. The Morgan fingerprint density at radius 2 is 1.96 bits per heavy atom. The fourth-order valence-corrected chi connectivity index (χ4v) is 2.93. The molecular weight excluding hydrogens is 288 g/mol. The molecule has 1 aliphatic heterocycles. The van der Waals surface area contributed by atoms with Gasteiger partial charge in [-0.2, -0.15) is 0 Å². The van der Waals surface area contributed by atoms with Crippen molar-refractivity contribution >= 4 is 17.5 Å². The van der Waals surface area contributed by atoms with Crippen molar-refractivity contribution in [1.29, 1.82) is 0 Å². The highest BCUT2D eigenvalue weighted by Gasteiger charge is 2.23. The van der Waals surface area contributed by atoms with Crippen molar-refractivity contribution in [2.24, 2.45) is 0 Å². The largest absolute Gasteiger partial charge is 0.366 e. The molecule has 0 saturated heterocycles. The minimum atomic E-state index is -0.167. The number of pyridine rings is 1. The number of hydrogen-bond donors (Lipinski definition) is 2. The standard InChI is InChI=1S/C18H20N4O/c23-18(20-15-5-6-15)21-17-8-7-16(11-19-17)22-10-9-13-3-1-2-4-14(13)12-22/h1-4,7-8,11,15H,5-6,9-10,12H2,(H2,19,20,21,23). The molecule has 0 unspecified atom stereocenters. The highest BCUT2D eigenvalue weighted by atomic mass is 16.2. The second kappa shape index (κ2) is 5.91. The van der Waals surface area contributed by atoms with E-state index >= 15 is 0 Å². The molecule has 4 rings (SSSR count). The fraction of sp³-hybridized carbons (Fsp3) is 0.333. The molecule has 23 heavy (non-hydrogen) atoms. The topological polar surface area (TPSA) is 57.3 Å². The van der Waals surface area contributed by atoms with Crippen LogP contribution < -0.4 is 15.5 Å². The number of anilines is 2. The Morgan fingerprint density at radius 1 is 1.13 bits per heavy atom. The Morgan fingerprint density at radius 3 is 2.70 bits per heavy atom. The first-order chi connectivity index (χ1) is 11.3. The number of carbonyl (C=O) groups excluding carboxylic acids is 1. The lowest BCUT2D eigenvalue weighted by Crippen LogP contribution is -2.31. The van der Waals surface area contributed by atoms with E-state index in [1.807, 2.05) is 18.3 Å². The van der Waals surface area contributed by atoms with Crippen molar-refractivity contribution in [3.8, 4) is 0 Å². The SMILES string of the molecule is O=C(Nc1ccc(N2CCc3ccccc3C2)cn1)NC1CC1. The normalized spacial score (nSPS) is 16.6. The Balaban J connectivity index is 1.41. The highest BCUT2D eigenvalue weighted by Crippen LogP contribution is 2.24. The van der Waals surface area contributed by atoms with Crippen LogP contribution in [0.3, 0.4) is 0 Å². The molecule has 2 amide bonds. The zero-order chi connectivity index (χ0) is 15.6. The lowest BCUT2D eigenvalue weighted by molar-refractivity contribution is 0.251. The summed E-state index contributed by atoms with van der Waals surface area (Å²) in [5.41, 5.74) is 3.91. The van der Waals surface area contributed by atoms with Crippen molar-refractivity contribution in [3.05, 3.63) is 53.7 Å². The Labute approximate surface area is 135 Å². The Bertz CT molecular complexity index is 709. The van der Waals surface area contributed by atoms with E-state index in [-0.39, 0.29) is 6.03 Å². The smallest absolute Gasteiger partial charge is 0.320 e. The maximum absolute atomic E-state index is 11.7. The molecule has 5 nitrogen and oxygen atoms in total. The number of benzene rings is 1. The number of urea groups is 1. The number of amides is 2. The van der Waals surface area contributed by atoms with Crippen LogP contribution in [0.5, 0.6) is 0 Å². The third-order valence-electron chi connectivity index (χ3n) is 4.40. The molecule has 2 heterocycles. The van der Waals surface area contributed by atoms with Crippen LogP contribution in [-0.4, -0.2) is 23.6 Å². The molecule has 2 N–H and O–H groups in total. The van der Waals surface area contributed by atoms with E-state index in [0.29, 0.717) is 11.9 Å². The van der Waals surface area contributed by atoms with E-state index in [9.17, 15) is 4.79 Å². The van der Waals surface area contributed by atoms with Crippen LogP contribution in [0.25, 0.3) is 0 Å². The molecule has 0 spiro atoms. The van der Waals surface area contributed by atoms with Gasteiger partial charge >= 0.3 is 6.03 Å². The van der Waals surface area contributed by atoms with Crippen molar-refractivity contribution in [1.82, 2.24) is 10.3 Å². The second-order valence-electron chi connectivity index (χ2n) is 6.21. The number of hydrogen-bond acceptors (Lipinski definition) is 3. The van der Waals surface area contributed by atoms with E-state index in [1.165, 1.54) is 11.1 Å². The van der Waals surface area contributed by atoms with Gasteiger partial charge < -0.3 is 10.2 Å². The molecule has 0 radical (unpaired) electrons. The molecule has 1 aromatic carbocycles. The minimum absolute atomic E-state index is 0.167. The van der Waals surface area contributed by atoms with Crippen LogP contribution in [0.2, 0.25) is 0 Å². The van der Waals surface area contributed by atoms with Gasteiger partial charge in [-0.05, 0) is 42.5 Å². The molecule has 118 valence electrons. The van der Waals surface area contributed by atoms with Gasteiger partial charge in [0.05, 0.1) is 11.9 Å². The van der Waals surface area contributed by atoms with Crippen molar-refractivity contribution in [2.75, 3.05) is 16.8 Å². The summed E-state index contributed by atoms with van der Waals surface area (Å²) in [6.07, 6.45) is 5.05. The summed E-state index contributed by atoms with van der Waals surface area (Å²) in [6, 6.07) is 12.6. The summed E-state index contributed by atoms with van der Waals surface area (Å²) in [5, 5.41) is 5.67. The van der Waals surface area contributed by atoms with Crippen LogP contribution >= 0.6 is 0 Å².